The smallest absolute Gasteiger partial charge is 0.0649 e. The van der Waals surface area contributed by atoms with Crippen molar-refractivity contribution in [2.45, 2.75) is 38.3 Å². The summed E-state index contributed by atoms with van der Waals surface area (Å²) < 4.78 is 5.34. The number of nitrogens with two attached hydrogens (primary N) is 1. The highest BCUT2D eigenvalue weighted by atomic mass is 16.5. The molecular formula is C7H15NO. The van der Waals surface area contributed by atoms with Crippen LogP contribution in [0.25, 0.3) is 0 Å². The molecule has 0 bridgehead atoms. The van der Waals surface area contributed by atoms with Crippen molar-refractivity contribution in [1.29, 1.82) is 0 Å². The van der Waals surface area contributed by atoms with Crippen LogP contribution in [0.1, 0.15) is 26.7 Å². The molecule has 0 heterocycles. The summed E-state index contributed by atoms with van der Waals surface area (Å²) in [4.78, 5) is 0. The van der Waals surface area contributed by atoms with E-state index in [1.54, 1.807) is 0 Å². The molecule has 1 aliphatic carbocycles. The van der Waals surface area contributed by atoms with Crippen molar-refractivity contribution in [3.63, 3.8) is 0 Å². The highest BCUT2D eigenvalue weighted by molar-refractivity contribution is 4.98. The zero-order chi connectivity index (χ0) is 6.91. The lowest BCUT2D eigenvalue weighted by Crippen LogP contribution is -2.29. The molecule has 2 nitrogen and oxygen atoms in total. The highest BCUT2D eigenvalue weighted by Crippen LogP contribution is 2.32. The van der Waals surface area contributed by atoms with Gasteiger partial charge in [-0.05, 0) is 26.7 Å². The van der Waals surface area contributed by atoms with Crippen molar-refractivity contribution in [2.75, 3.05) is 6.61 Å². The lowest BCUT2D eigenvalue weighted by molar-refractivity contribution is 0.0635. The molecule has 1 fully saturated rings. The quantitative estimate of drug-likeness (QED) is 0.614. The molecule has 0 radical (unpaired) electrons. The fourth-order valence-corrected chi connectivity index (χ4v) is 0.638. The first-order valence-corrected chi connectivity index (χ1v) is 3.53. The second-order valence-corrected chi connectivity index (χ2v) is 3.22. The van der Waals surface area contributed by atoms with Crippen molar-refractivity contribution < 1.29 is 4.74 Å². The molecule has 0 saturated heterocycles. The van der Waals surface area contributed by atoms with E-state index in [-0.39, 0.29) is 5.54 Å². The van der Waals surface area contributed by atoms with Crippen LogP contribution in [0, 0.1) is 0 Å². The van der Waals surface area contributed by atoms with Gasteiger partial charge in [-0.1, -0.05) is 0 Å². The molecule has 1 saturated carbocycles. The fourth-order valence-electron chi connectivity index (χ4n) is 0.638. The Morgan fingerprint density at radius 2 is 2.11 bits per heavy atom. The minimum atomic E-state index is 0.0598. The monoisotopic (exact) mass is 129 g/mol. The summed E-state index contributed by atoms with van der Waals surface area (Å²) in [6, 6.07) is 0. The largest absolute Gasteiger partial charge is 0.377 e. The third kappa shape index (κ3) is 2.33. The highest BCUT2D eigenvalue weighted by Gasteiger charge is 2.38. The first kappa shape index (κ1) is 7.03. The van der Waals surface area contributed by atoms with Gasteiger partial charge in [0.05, 0.1) is 12.7 Å². The number of hydrogen-bond donors (Lipinski definition) is 1. The Hall–Kier alpha value is -0.0800. The van der Waals surface area contributed by atoms with Gasteiger partial charge >= 0.3 is 0 Å². The van der Waals surface area contributed by atoms with E-state index in [1.807, 2.05) is 13.8 Å². The standard InChI is InChI=1S/C7H15NO/c1-6(2)9-5-7(8)3-4-7/h6H,3-5,8H2,1-2H3. The Labute approximate surface area is 56.4 Å². The van der Waals surface area contributed by atoms with Gasteiger partial charge in [0.25, 0.3) is 0 Å². The summed E-state index contributed by atoms with van der Waals surface area (Å²) in [6.45, 7) is 4.81. The molecule has 0 spiro atoms. The van der Waals surface area contributed by atoms with Gasteiger partial charge in [0.15, 0.2) is 0 Å². The van der Waals surface area contributed by atoms with Crippen LogP contribution >= 0.6 is 0 Å². The summed E-state index contributed by atoms with van der Waals surface area (Å²) in [5.74, 6) is 0. The lowest BCUT2D eigenvalue weighted by atomic mass is 10.3. The summed E-state index contributed by atoms with van der Waals surface area (Å²) in [5, 5.41) is 0. The fraction of sp³-hybridized carbons (Fsp3) is 1.00. The molecule has 0 aromatic heterocycles. The van der Waals surface area contributed by atoms with Crippen LogP contribution in [0.3, 0.4) is 0 Å². The van der Waals surface area contributed by atoms with E-state index >= 15 is 0 Å². The van der Waals surface area contributed by atoms with Crippen LogP contribution in [-0.2, 0) is 4.74 Å². The van der Waals surface area contributed by atoms with E-state index in [0.717, 1.165) is 19.4 Å². The average Bonchev–Trinajstić information content (AvgIpc) is 2.45. The van der Waals surface area contributed by atoms with Gasteiger partial charge in [-0.25, -0.2) is 0 Å². The van der Waals surface area contributed by atoms with E-state index in [1.165, 1.54) is 0 Å². The average molecular weight is 129 g/mol. The molecule has 1 rings (SSSR count). The predicted octanol–water partition coefficient (Wildman–Crippen LogP) is 0.903. The Bertz CT molecular complexity index is 97.1. The summed E-state index contributed by atoms with van der Waals surface area (Å²) in [7, 11) is 0. The van der Waals surface area contributed by atoms with Crippen LogP contribution in [0.15, 0.2) is 0 Å². The van der Waals surface area contributed by atoms with E-state index in [2.05, 4.69) is 0 Å². The normalized spacial score (nSPS) is 22.7. The van der Waals surface area contributed by atoms with Crippen molar-refractivity contribution in [3.05, 3.63) is 0 Å². The number of hydrogen-bond acceptors (Lipinski definition) is 2. The predicted molar refractivity (Wildman–Crippen MR) is 37.2 cm³/mol. The molecule has 0 unspecified atom stereocenters. The van der Waals surface area contributed by atoms with Gasteiger partial charge < -0.3 is 10.5 Å². The molecule has 1 aliphatic rings. The third-order valence-corrected chi connectivity index (χ3v) is 1.60. The molecule has 2 N–H and O–H groups in total. The molecule has 0 aromatic rings. The molecule has 0 amide bonds. The summed E-state index contributed by atoms with van der Waals surface area (Å²) in [5.41, 5.74) is 5.83. The SMILES string of the molecule is CC(C)OCC1(N)CC1. The van der Waals surface area contributed by atoms with Gasteiger partial charge in [-0.2, -0.15) is 0 Å². The van der Waals surface area contributed by atoms with Crippen molar-refractivity contribution in [2.24, 2.45) is 5.73 Å². The number of ether oxygens (including phenoxy) is 1. The van der Waals surface area contributed by atoms with Gasteiger partial charge in [0.2, 0.25) is 0 Å². The second kappa shape index (κ2) is 2.27. The van der Waals surface area contributed by atoms with E-state index in [4.69, 9.17) is 10.5 Å². The molecule has 54 valence electrons. The minimum Gasteiger partial charge on any atom is -0.377 e. The zero-order valence-corrected chi connectivity index (χ0v) is 6.18. The minimum absolute atomic E-state index is 0.0598. The molecule has 0 aromatic carbocycles. The van der Waals surface area contributed by atoms with Crippen LogP contribution in [0.5, 0.6) is 0 Å². The molecule has 0 atom stereocenters. The summed E-state index contributed by atoms with van der Waals surface area (Å²) in [6.07, 6.45) is 2.60. The Morgan fingerprint density at radius 1 is 1.56 bits per heavy atom. The van der Waals surface area contributed by atoms with Crippen LogP contribution in [0.4, 0.5) is 0 Å². The Morgan fingerprint density at radius 3 is 2.44 bits per heavy atom. The Kier molecular flexibility index (Phi) is 1.78. The molecule has 9 heavy (non-hydrogen) atoms. The maximum absolute atomic E-state index is 5.77. The Balaban J connectivity index is 2.05. The van der Waals surface area contributed by atoms with Crippen molar-refractivity contribution in [3.8, 4) is 0 Å². The topological polar surface area (TPSA) is 35.2 Å². The van der Waals surface area contributed by atoms with E-state index in [0.29, 0.717) is 6.10 Å². The van der Waals surface area contributed by atoms with E-state index in [9.17, 15) is 0 Å². The summed E-state index contributed by atoms with van der Waals surface area (Å²) >= 11 is 0. The van der Waals surface area contributed by atoms with Crippen LogP contribution < -0.4 is 5.73 Å². The van der Waals surface area contributed by atoms with E-state index < -0.39 is 0 Å². The van der Waals surface area contributed by atoms with Gasteiger partial charge in [0.1, 0.15) is 0 Å². The maximum atomic E-state index is 5.77. The first-order valence-electron chi connectivity index (χ1n) is 3.53. The first-order chi connectivity index (χ1) is 4.12. The third-order valence-electron chi connectivity index (χ3n) is 1.60. The van der Waals surface area contributed by atoms with Crippen molar-refractivity contribution in [1.82, 2.24) is 0 Å². The zero-order valence-electron chi connectivity index (χ0n) is 6.18. The van der Waals surface area contributed by atoms with Crippen molar-refractivity contribution >= 4 is 0 Å². The van der Waals surface area contributed by atoms with Gasteiger partial charge in [-0.15, -0.1) is 0 Å². The van der Waals surface area contributed by atoms with Gasteiger partial charge in [-0.3, -0.25) is 0 Å². The number of rotatable bonds is 3. The molecule has 0 aliphatic heterocycles. The molecular weight excluding hydrogens is 114 g/mol. The van der Waals surface area contributed by atoms with Gasteiger partial charge in [0, 0.05) is 5.54 Å². The maximum Gasteiger partial charge on any atom is 0.0649 e. The van der Waals surface area contributed by atoms with Crippen LogP contribution in [-0.4, -0.2) is 18.2 Å². The second-order valence-electron chi connectivity index (χ2n) is 3.22. The molecule has 2 heteroatoms. The van der Waals surface area contributed by atoms with Crippen LogP contribution in [0.2, 0.25) is 0 Å². The lowest BCUT2D eigenvalue weighted by Gasteiger charge is -2.11.